The second-order valence-corrected chi connectivity index (χ2v) is 8.47. The fourth-order valence-corrected chi connectivity index (χ4v) is 5.32. The minimum atomic E-state index is 0.750. The van der Waals surface area contributed by atoms with Crippen LogP contribution in [-0.4, -0.2) is 6.08 Å². The number of carbonyl (C=O) groups excluding carboxylic acids is 1. The van der Waals surface area contributed by atoms with Gasteiger partial charge in [0.25, 0.3) is 0 Å². The lowest BCUT2D eigenvalue weighted by Gasteiger charge is -2.38. The molecule has 25 heavy (non-hydrogen) atoms. The van der Waals surface area contributed by atoms with Crippen molar-refractivity contribution in [3.8, 4) is 0 Å². The number of hydrogen-bond donors (Lipinski definition) is 1. The van der Waals surface area contributed by atoms with Crippen molar-refractivity contribution in [2.24, 2.45) is 17.8 Å². The zero-order chi connectivity index (χ0) is 18.2. The Balaban J connectivity index is 0.000000970. The summed E-state index contributed by atoms with van der Waals surface area (Å²) in [6.45, 7) is 2.32. The second kappa shape index (κ2) is 15.6. The van der Waals surface area contributed by atoms with Crippen LogP contribution in [0.4, 0.5) is 0 Å². The van der Waals surface area contributed by atoms with Gasteiger partial charge in [-0.25, -0.2) is 10.2 Å². The molecule has 2 heteroatoms. The Hall–Kier alpha value is -0.620. The molecule has 0 atom stereocenters. The van der Waals surface area contributed by atoms with Gasteiger partial charge < -0.3 is 0 Å². The highest BCUT2D eigenvalue weighted by molar-refractivity contribution is 5.26. The predicted octanol–water partition coefficient (Wildman–Crippen LogP) is 7.80. The van der Waals surface area contributed by atoms with Gasteiger partial charge in [-0.05, 0) is 24.2 Å². The Morgan fingerprint density at radius 2 is 1.16 bits per heavy atom. The van der Waals surface area contributed by atoms with Crippen molar-refractivity contribution in [1.29, 1.82) is 5.41 Å². The van der Waals surface area contributed by atoms with Gasteiger partial charge in [0.05, 0.1) is 0 Å². The van der Waals surface area contributed by atoms with E-state index in [0.29, 0.717) is 0 Å². The molecule has 0 saturated heterocycles. The summed E-state index contributed by atoms with van der Waals surface area (Å²) in [5.74, 6) is 3.32. The van der Waals surface area contributed by atoms with Crippen molar-refractivity contribution >= 4 is 6.08 Å². The van der Waals surface area contributed by atoms with Crippen molar-refractivity contribution in [1.82, 2.24) is 0 Å². The molecule has 2 fully saturated rings. The average molecular weight is 350 g/mol. The summed E-state index contributed by atoms with van der Waals surface area (Å²) in [4.78, 5) is 8.35. The summed E-state index contributed by atoms with van der Waals surface area (Å²) in [5, 5.41) is 5.40. The first-order valence-corrected chi connectivity index (χ1v) is 11.4. The van der Waals surface area contributed by atoms with Crippen molar-refractivity contribution in [2.75, 3.05) is 0 Å². The van der Waals surface area contributed by atoms with E-state index in [9.17, 15) is 0 Å². The van der Waals surface area contributed by atoms with Crippen LogP contribution >= 0.6 is 0 Å². The molecule has 0 spiro atoms. The molecule has 1 N–H and O–H groups in total. The third kappa shape index (κ3) is 10.2. The normalized spacial score (nSPS) is 19.3. The maximum atomic E-state index is 8.35. The fourth-order valence-electron chi connectivity index (χ4n) is 5.32. The van der Waals surface area contributed by atoms with Crippen LogP contribution in [0.2, 0.25) is 0 Å². The lowest BCUT2D eigenvalue weighted by molar-refractivity contribution is 0.131. The maximum absolute atomic E-state index is 8.35. The average Bonchev–Trinajstić information content (AvgIpc) is 2.66. The molecule has 0 unspecified atom stereocenters. The van der Waals surface area contributed by atoms with E-state index in [1.165, 1.54) is 83.5 Å². The van der Waals surface area contributed by atoms with Gasteiger partial charge in [0, 0.05) is 0 Å². The molecule has 0 amide bonds. The molecule has 0 bridgehead atoms. The highest BCUT2D eigenvalue weighted by Crippen LogP contribution is 2.42. The van der Waals surface area contributed by atoms with E-state index in [-0.39, 0.29) is 0 Å². The van der Waals surface area contributed by atoms with Gasteiger partial charge in [-0.2, -0.15) is 0 Å². The summed E-state index contributed by atoms with van der Waals surface area (Å²) in [5.41, 5.74) is 0. The van der Waals surface area contributed by atoms with E-state index in [4.69, 9.17) is 10.2 Å². The summed E-state index contributed by atoms with van der Waals surface area (Å²) in [6.07, 6.45) is 28.1. The van der Waals surface area contributed by atoms with Gasteiger partial charge in [-0.1, -0.05) is 116 Å². The van der Waals surface area contributed by atoms with Crippen LogP contribution in [0.3, 0.4) is 0 Å². The van der Waals surface area contributed by atoms with Crippen molar-refractivity contribution in [2.45, 2.75) is 122 Å². The molecule has 0 aromatic carbocycles. The number of isocyanates is 1. The van der Waals surface area contributed by atoms with Gasteiger partial charge in [-0.15, -0.1) is 0 Å². The SMILES string of the molecule is CCCCCCCCCC(C1CCCCC1)C1CCCCC1.N=C=O. The predicted molar refractivity (Wildman–Crippen MR) is 108 cm³/mol. The summed E-state index contributed by atoms with van der Waals surface area (Å²) in [7, 11) is 0. The van der Waals surface area contributed by atoms with E-state index in [0.717, 1.165) is 23.8 Å². The van der Waals surface area contributed by atoms with Crippen LogP contribution < -0.4 is 0 Å². The highest BCUT2D eigenvalue weighted by atomic mass is 16.1. The molecular formula is C23H43NO. The standard InChI is InChI=1S/C22H42.CHNO/c1-2-3-4-5-6-7-14-19-22(20-15-10-8-11-16-20)21-17-12-9-13-18-21;2-1-3/h20-22H,2-19H2,1H3;2H. The number of hydrogen-bond acceptors (Lipinski definition) is 2. The minimum Gasteiger partial charge on any atom is -0.222 e. The molecule has 0 aromatic rings. The quantitative estimate of drug-likeness (QED) is 0.244. The van der Waals surface area contributed by atoms with Crippen LogP contribution in [0, 0.1) is 23.2 Å². The minimum absolute atomic E-state index is 0.750. The molecule has 0 heterocycles. The smallest absolute Gasteiger partial charge is 0.222 e. The molecule has 2 rings (SSSR count). The zero-order valence-electron chi connectivity index (χ0n) is 16.9. The third-order valence-corrected chi connectivity index (χ3v) is 6.65. The Bertz CT molecular complexity index is 305. The first kappa shape index (κ1) is 22.4. The molecular weight excluding hydrogens is 306 g/mol. The Morgan fingerprint density at radius 3 is 1.60 bits per heavy atom. The second-order valence-electron chi connectivity index (χ2n) is 8.47. The molecule has 2 aliphatic carbocycles. The molecule has 2 saturated carbocycles. The largest absolute Gasteiger partial charge is 0.231 e. The molecule has 146 valence electrons. The van der Waals surface area contributed by atoms with Gasteiger partial charge in [0.1, 0.15) is 0 Å². The van der Waals surface area contributed by atoms with E-state index >= 15 is 0 Å². The molecule has 0 radical (unpaired) electrons. The van der Waals surface area contributed by atoms with Crippen molar-refractivity contribution < 1.29 is 4.79 Å². The van der Waals surface area contributed by atoms with E-state index in [1.54, 1.807) is 32.1 Å². The first-order valence-electron chi connectivity index (χ1n) is 11.4. The Labute approximate surface area is 157 Å². The number of rotatable bonds is 10. The van der Waals surface area contributed by atoms with Gasteiger partial charge in [0.15, 0.2) is 0 Å². The monoisotopic (exact) mass is 349 g/mol. The Morgan fingerprint density at radius 1 is 0.760 bits per heavy atom. The van der Waals surface area contributed by atoms with Crippen molar-refractivity contribution in [3.05, 3.63) is 0 Å². The topological polar surface area (TPSA) is 40.9 Å². The van der Waals surface area contributed by atoms with E-state index in [1.807, 2.05) is 0 Å². The fraction of sp³-hybridized carbons (Fsp3) is 0.957. The lowest BCUT2D eigenvalue weighted by Crippen LogP contribution is -2.27. The van der Waals surface area contributed by atoms with Gasteiger partial charge >= 0.3 is 0 Å². The number of nitrogens with one attached hydrogen (secondary N) is 1. The summed E-state index contributed by atoms with van der Waals surface area (Å²) in [6, 6.07) is 0. The molecule has 2 aliphatic rings. The number of unbranched alkanes of at least 4 members (excludes halogenated alkanes) is 6. The first-order chi connectivity index (χ1) is 12.3. The highest BCUT2D eigenvalue weighted by Gasteiger charge is 2.30. The molecule has 0 aromatic heterocycles. The Kier molecular flexibility index (Phi) is 14.0. The van der Waals surface area contributed by atoms with Crippen LogP contribution in [-0.2, 0) is 4.79 Å². The van der Waals surface area contributed by atoms with Crippen LogP contribution in [0.1, 0.15) is 122 Å². The lowest BCUT2D eigenvalue weighted by atomic mass is 9.68. The summed E-state index contributed by atoms with van der Waals surface area (Å²) < 4.78 is 0. The third-order valence-electron chi connectivity index (χ3n) is 6.65. The van der Waals surface area contributed by atoms with Crippen LogP contribution in [0.25, 0.3) is 0 Å². The maximum Gasteiger partial charge on any atom is 0.231 e. The van der Waals surface area contributed by atoms with Crippen molar-refractivity contribution in [3.63, 3.8) is 0 Å². The zero-order valence-corrected chi connectivity index (χ0v) is 16.9. The summed E-state index contributed by atoms with van der Waals surface area (Å²) >= 11 is 0. The molecule has 0 aliphatic heterocycles. The molecule has 2 nitrogen and oxygen atoms in total. The van der Waals surface area contributed by atoms with Gasteiger partial charge in [0.2, 0.25) is 6.08 Å². The van der Waals surface area contributed by atoms with E-state index in [2.05, 4.69) is 6.92 Å². The van der Waals surface area contributed by atoms with Crippen LogP contribution in [0.5, 0.6) is 0 Å². The van der Waals surface area contributed by atoms with Crippen LogP contribution in [0.15, 0.2) is 0 Å². The van der Waals surface area contributed by atoms with Gasteiger partial charge in [-0.3, -0.25) is 0 Å². The van der Waals surface area contributed by atoms with E-state index < -0.39 is 0 Å².